The van der Waals surface area contributed by atoms with Crippen LogP contribution in [0.4, 0.5) is 22.5 Å². The van der Waals surface area contributed by atoms with E-state index in [0.29, 0.717) is 0 Å². The predicted octanol–water partition coefficient (Wildman–Crippen LogP) is 3.31. The number of hydrogen-bond acceptors (Lipinski definition) is 9. The van der Waals surface area contributed by atoms with Crippen LogP contribution in [-0.4, -0.2) is 69.9 Å². The van der Waals surface area contributed by atoms with E-state index >= 15 is 0 Å². The van der Waals surface area contributed by atoms with Crippen molar-refractivity contribution in [2.24, 2.45) is 0 Å². The maximum Gasteiger partial charge on any atom is 0.267 e. The van der Waals surface area contributed by atoms with Crippen LogP contribution in [0.1, 0.15) is 41.6 Å². The minimum atomic E-state index is -3.99. The smallest absolute Gasteiger partial charge is 0.267 e. The zero-order valence-corrected chi connectivity index (χ0v) is 18.3. The summed E-state index contributed by atoms with van der Waals surface area (Å²) < 4.78 is 122. The number of piperazine rings is 1. The molecular formula is C22H26ClN7O2S. The first kappa shape index (κ1) is 11.1. The quantitative estimate of drug-likeness (QED) is 0.451. The number of β-amino-alcohol motifs (C(OH)–C–C–N with tert-alkyl or cyclic N) is 1. The zero-order chi connectivity index (χ0) is 36.6. The summed E-state index contributed by atoms with van der Waals surface area (Å²) in [7, 11) is 0. The number of halogens is 1. The number of anilines is 4. The molecule has 0 saturated carbocycles. The lowest BCUT2D eigenvalue weighted by molar-refractivity contribution is 0.103. The Bertz CT molecular complexity index is 1700. The molecule has 11 heteroatoms. The molecule has 2 aromatic heterocycles. The summed E-state index contributed by atoms with van der Waals surface area (Å²) in [5, 5.41) is 14.9. The number of benzene rings is 1. The molecule has 3 N–H and O–H groups in total. The van der Waals surface area contributed by atoms with E-state index in [9.17, 15) is 9.90 Å². The monoisotopic (exact) mass is 502 g/mol. The van der Waals surface area contributed by atoms with Crippen molar-refractivity contribution in [1.29, 1.82) is 0 Å². The van der Waals surface area contributed by atoms with Crippen LogP contribution in [0.3, 0.4) is 0 Å². The van der Waals surface area contributed by atoms with E-state index in [1.54, 1.807) is 0 Å². The van der Waals surface area contributed by atoms with Crippen molar-refractivity contribution in [3.05, 3.63) is 51.7 Å². The van der Waals surface area contributed by atoms with Gasteiger partial charge in [0.05, 0.1) is 31.7 Å². The van der Waals surface area contributed by atoms with Crippen LogP contribution in [0.2, 0.25) is 5.02 Å². The number of nitrogens with one attached hydrogen (secondary N) is 2. The summed E-state index contributed by atoms with van der Waals surface area (Å²) in [6, 6.07) is 5.01. The minimum absolute atomic E-state index is 0.000670. The minimum Gasteiger partial charge on any atom is -0.395 e. The molecule has 3 heterocycles. The van der Waals surface area contributed by atoms with Gasteiger partial charge in [0.25, 0.3) is 5.91 Å². The maximum absolute atomic E-state index is 13.0. The van der Waals surface area contributed by atoms with Gasteiger partial charge in [0, 0.05) is 50.9 Å². The molecule has 1 aliphatic heterocycles. The molecule has 0 bridgehead atoms. The lowest BCUT2D eigenvalue weighted by Gasteiger charge is -2.35. The van der Waals surface area contributed by atoms with Gasteiger partial charge in [0.2, 0.25) is 0 Å². The first-order valence-corrected chi connectivity index (χ1v) is 10.3. The predicted molar refractivity (Wildman–Crippen MR) is 132 cm³/mol. The molecule has 1 saturated heterocycles. The molecule has 0 aliphatic carbocycles. The summed E-state index contributed by atoms with van der Waals surface area (Å²) in [6.07, 6.45) is 1.14. The van der Waals surface area contributed by atoms with Crippen LogP contribution in [0.15, 0.2) is 30.5 Å². The Kier molecular flexibility index (Phi) is 3.51. The van der Waals surface area contributed by atoms with Gasteiger partial charge in [0.15, 0.2) is 5.13 Å². The Morgan fingerprint density at radius 2 is 2.18 bits per heavy atom. The van der Waals surface area contributed by atoms with E-state index < -0.39 is 62.5 Å². The number of aliphatic hydroxyl groups is 1. The van der Waals surface area contributed by atoms with Crippen molar-refractivity contribution in [2.75, 3.05) is 54.6 Å². The van der Waals surface area contributed by atoms with Crippen molar-refractivity contribution in [1.82, 2.24) is 19.9 Å². The zero-order valence-electron chi connectivity index (χ0n) is 31.8. The normalized spacial score (nSPS) is 28.5. The molecule has 3 aromatic rings. The van der Waals surface area contributed by atoms with Crippen molar-refractivity contribution in [3.63, 3.8) is 0 Å². The lowest BCUT2D eigenvalue weighted by Crippen LogP contribution is -2.47. The van der Waals surface area contributed by atoms with E-state index in [1.807, 2.05) is 0 Å². The van der Waals surface area contributed by atoms with Gasteiger partial charge in [-0.1, -0.05) is 35.1 Å². The fourth-order valence-electron chi connectivity index (χ4n) is 2.58. The van der Waals surface area contributed by atoms with Crippen molar-refractivity contribution >= 4 is 51.3 Å². The molecule has 1 fully saturated rings. The second-order valence-corrected chi connectivity index (χ2v) is 7.71. The average molecular weight is 503 g/mol. The number of nitrogens with zero attached hydrogens (tertiary/aromatic N) is 5. The molecule has 1 aromatic carbocycles. The molecule has 9 nitrogen and oxygen atoms in total. The van der Waals surface area contributed by atoms with Crippen LogP contribution in [0.25, 0.3) is 0 Å². The van der Waals surface area contributed by atoms with Gasteiger partial charge in [-0.25, -0.2) is 15.0 Å². The summed E-state index contributed by atoms with van der Waals surface area (Å²) in [6.45, 7) is -24.3. The molecule has 1 amide bonds. The first-order chi connectivity index (χ1) is 21.6. The number of aryl methyl sites for hydroxylation is 2. The van der Waals surface area contributed by atoms with Gasteiger partial charge in [-0.2, -0.15) is 0 Å². The van der Waals surface area contributed by atoms with E-state index in [4.69, 9.17) is 32.2 Å². The van der Waals surface area contributed by atoms with E-state index in [1.165, 1.54) is 25.1 Å². The van der Waals surface area contributed by atoms with Gasteiger partial charge in [-0.15, -0.1) is 0 Å². The summed E-state index contributed by atoms with van der Waals surface area (Å²) in [5.41, 5.74) is -0.328. The number of carbonyl (C=O) groups excluding carboxylic acids is 1. The van der Waals surface area contributed by atoms with Gasteiger partial charge >= 0.3 is 0 Å². The van der Waals surface area contributed by atoms with Crippen LogP contribution in [-0.2, 0) is 0 Å². The molecular weight excluding hydrogens is 462 g/mol. The molecule has 1 aliphatic rings. The Morgan fingerprint density at radius 3 is 2.94 bits per heavy atom. The van der Waals surface area contributed by atoms with Gasteiger partial charge in [-0.3, -0.25) is 9.69 Å². The molecule has 4 rings (SSSR count). The van der Waals surface area contributed by atoms with Crippen LogP contribution in [0.5, 0.6) is 0 Å². The molecule has 33 heavy (non-hydrogen) atoms. The molecule has 174 valence electrons. The van der Waals surface area contributed by atoms with Crippen LogP contribution < -0.4 is 15.5 Å². The van der Waals surface area contributed by atoms with Crippen molar-refractivity contribution in [3.8, 4) is 0 Å². The Labute approximate surface area is 222 Å². The van der Waals surface area contributed by atoms with E-state index in [2.05, 4.69) is 25.6 Å². The van der Waals surface area contributed by atoms with Crippen molar-refractivity contribution in [2.45, 2.75) is 13.8 Å². The van der Waals surface area contributed by atoms with Crippen LogP contribution >= 0.6 is 22.9 Å². The first-order valence-electron chi connectivity index (χ1n) is 16.6. The molecule has 0 unspecified atom stereocenters. The third-order valence-electron chi connectivity index (χ3n) is 3.98. The van der Waals surface area contributed by atoms with Crippen molar-refractivity contribution < 1.29 is 30.5 Å². The number of para-hydroxylation sites is 1. The molecule has 0 radical (unpaired) electrons. The molecule has 0 spiro atoms. The topological polar surface area (TPSA) is 107 Å². The van der Waals surface area contributed by atoms with Crippen LogP contribution in [0, 0.1) is 13.8 Å². The largest absolute Gasteiger partial charge is 0.395 e. The number of hydrogen-bond donors (Lipinski definition) is 3. The number of amides is 1. The SMILES string of the molecule is [2H]C([2H])([2H])c1cccc(Cl)c1NC(=O)c1cnc(Nc2cc(N3C([2H])([2H])C([2H])([2H])N(C([2H])([2H])C([2H])([2H])O)C([2H])([2H])C3([2H])[2H])nc(C)n2)s1. The van der Waals surface area contributed by atoms with Gasteiger partial charge in [-0.05, 0) is 25.4 Å². The third-order valence-corrected chi connectivity index (χ3v) is 5.21. The number of thiazole rings is 1. The second kappa shape index (κ2) is 10.4. The highest BCUT2D eigenvalue weighted by Gasteiger charge is 2.19. The Hall–Kier alpha value is -2.79. The molecule has 0 atom stereocenters. The number of aromatic nitrogens is 3. The van der Waals surface area contributed by atoms with E-state index in [0.717, 1.165) is 23.6 Å². The Morgan fingerprint density at radius 1 is 1.36 bits per heavy atom. The summed E-state index contributed by atoms with van der Waals surface area (Å²) in [5.74, 6) is -1.84. The van der Waals surface area contributed by atoms with Gasteiger partial charge in [0.1, 0.15) is 22.3 Å². The van der Waals surface area contributed by atoms with E-state index in [-0.39, 0.29) is 42.8 Å². The summed E-state index contributed by atoms with van der Waals surface area (Å²) >= 11 is 6.90. The standard InChI is InChI=1S/C22H26ClN7O2S/c1-14-4-3-5-16(23)20(14)28-21(32)17-13-24-22(33-17)27-18-12-19(26-15(2)25-18)30-8-6-29(7-9-30)10-11-31/h3-5,12-13,31H,6-11H2,1-2H3,(H,28,32)(H,24,25,26,27)/i1D3,6D2,7D2,8D2,9D2,10D2,11D2. The fraction of sp³-hybridized carbons (Fsp3) is 0.364. The maximum atomic E-state index is 13.0. The number of rotatable bonds is 7. The third kappa shape index (κ3) is 5.77. The fourth-order valence-corrected chi connectivity index (χ4v) is 3.52. The highest BCUT2D eigenvalue weighted by molar-refractivity contribution is 7.17. The lowest BCUT2D eigenvalue weighted by atomic mass is 10.2. The summed E-state index contributed by atoms with van der Waals surface area (Å²) in [4.78, 5) is 24.4. The highest BCUT2D eigenvalue weighted by atomic mass is 35.5. The number of carbonyl (C=O) groups is 1. The highest BCUT2D eigenvalue weighted by Crippen LogP contribution is 2.28. The second-order valence-electron chi connectivity index (χ2n) is 6.27. The van der Waals surface area contributed by atoms with Gasteiger partial charge < -0.3 is 20.6 Å². The average Bonchev–Trinajstić information content (AvgIpc) is 3.35. The Balaban J connectivity index is 1.70.